The zero-order chi connectivity index (χ0) is 22.1. The van der Waals surface area contributed by atoms with Gasteiger partial charge in [-0.2, -0.15) is 0 Å². The van der Waals surface area contributed by atoms with Crippen molar-refractivity contribution in [3.05, 3.63) is 90.2 Å². The van der Waals surface area contributed by atoms with Crippen molar-refractivity contribution in [2.45, 2.75) is 25.2 Å². The summed E-state index contributed by atoms with van der Waals surface area (Å²) in [6.45, 7) is 2.71. The quantitative estimate of drug-likeness (QED) is 0.338. The minimum Gasteiger partial charge on any atom is -0.504 e. The molecule has 1 fully saturated rings. The summed E-state index contributed by atoms with van der Waals surface area (Å²) in [6, 6.07) is 23.3. The third-order valence-corrected chi connectivity index (χ3v) is 5.01. The lowest BCUT2D eigenvalue weighted by Gasteiger charge is -2.09. The number of aliphatic carboxylic acids is 1. The van der Waals surface area contributed by atoms with Crippen LogP contribution < -0.4 is 4.74 Å². The Bertz CT molecular complexity index is 1110. The molecule has 1 aliphatic rings. The number of ether oxygens (including phenoxy) is 2. The van der Waals surface area contributed by atoms with Crippen molar-refractivity contribution >= 4 is 16.7 Å². The smallest absolute Gasteiger partial charge is 0.331 e. The minimum absolute atomic E-state index is 0.0381. The molecule has 4 heteroatoms. The summed E-state index contributed by atoms with van der Waals surface area (Å²) < 4.78 is 9.82. The van der Waals surface area contributed by atoms with Gasteiger partial charge in [0, 0.05) is 5.56 Å². The molecule has 1 aliphatic carbocycles. The topological polar surface area (TPSA) is 55.8 Å². The predicted octanol–water partition coefficient (Wildman–Crippen LogP) is 5.55. The minimum atomic E-state index is -0.998. The van der Waals surface area contributed by atoms with Crippen LogP contribution in [0, 0.1) is 11.8 Å². The van der Waals surface area contributed by atoms with Crippen LogP contribution in [0.4, 0.5) is 0 Å². The third-order valence-electron chi connectivity index (χ3n) is 5.01. The van der Waals surface area contributed by atoms with Crippen LogP contribution in [0.5, 0.6) is 5.75 Å². The molecule has 3 aromatic carbocycles. The molecular formula is C27H26O4. The second-order valence-corrected chi connectivity index (χ2v) is 7.23. The van der Waals surface area contributed by atoms with Crippen molar-refractivity contribution in [1.29, 1.82) is 0 Å². The van der Waals surface area contributed by atoms with E-state index < -0.39 is 5.97 Å². The van der Waals surface area contributed by atoms with Crippen LogP contribution in [-0.2, 0) is 14.9 Å². The van der Waals surface area contributed by atoms with Crippen molar-refractivity contribution < 1.29 is 19.4 Å². The SMILES string of the molecule is CCOc1ccc(C2(C#Cc3ccc4ccccc4c3)CC2)cc1.COC=CC(=O)O. The van der Waals surface area contributed by atoms with Crippen LogP contribution in [0.3, 0.4) is 0 Å². The first kappa shape index (κ1) is 22.0. The van der Waals surface area contributed by atoms with E-state index in [0.29, 0.717) is 6.61 Å². The molecule has 158 valence electrons. The van der Waals surface area contributed by atoms with Gasteiger partial charge in [0.05, 0.1) is 31.5 Å². The third kappa shape index (κ3) is 6.13. The van der Waals surface area contributed by atoms with Crippen LogP contribution in [0.15, 0.2) is 79.1 Å². The van der Waals surface area contributed by atoms with E-state index in [1.165, 1.54) is 23.4 Å². The first-order valence-corrected chi connectivity index (χ1v) is 10.2. The fourth-order valence-corrected chi connectivity index (χ4v) is 3.23. The van der Waals surface area contributed by atoms with E-state index in [1.54, 1.807) is 0 Å². The molecule has 0 radical (unpaired) electrons. The monoisotopic (exact) mass is 414 g/mol. The number of rotatable bonds is 5. The summed E-state index contributed by atoms with van der Waals surface area (Å²) in [5.41, 5.74) is 2.43. The molecule has 0 bridgehead atoms. The number of methoxy groups -OCH3 is 1. The van der Waals surface area contributed by atoms with E-state index >= 15 is 0 Å². The Balaban J connectivity index is 0.000000339. The largest absolute Gasteiger partial charge is 0.504 e. The zero-order valence-corrected chi connectivity index (χ0v) is 17.8. The fourth-order valence-electron chi connectivity index (χ4n) is 3.23. The molecule has 0 aliphatic heterocycles. The molecule has 0 spiro atoms. The van der Waals surface area contributed by atoms with Crippen LogP contribution >= 0.6 is 0 Å². The highest BCUT2D eigenvalue weighted by Crippen LogP contribution is 2.48. The van der Waals surface area contributed by atoms with Crippen molar-refractivity contribution in [2.75, 3.05) is 13.7 Å². The molecule has 0 unspecified atom stereocenters. The summed E-state index contributed by atoms with van der Waals surface area (Å²) in [5, 5.41) is 10.4. The number of carboxylic acids is 1. The molecule has 4 rings (SSSR count). The van der Waals surface area contributed by atoms with Gasteiger partial charge in [0.1, 0.15) is 5.75 Å². The lowest BCUT2D eigenvalue weighted by atomic mass is 9.96. The molecule has 1 N–H and O–H groups in total. The average molecular weight is 415 g/mol. The van der Waals surface area contributed by atoms with Crippen molar-refractivity contribution in [2.24, 2.45) is 0 Å². The van der Waals surface area contributed by atoms with Gasteiger partial charge in [0.15, 0.2) is 0 Å². The molecule has 1 saturated carbocycles. The van der Waals surface area contributed by atoms with Crippen molar-refractivity contribution in [3.8, 4) is 17.6 Å². The van der Waals surface area contributed by atoms with Crippen molar-refractivity contribution in [3.63, 3.8) is 0 Å². The summed E-state index contributed by atoms with van der Waals surface area (Å²) in [4.78, 5) is 9.59. The van der Waals surface area contributed by atoms with Gasteiger partial charge in [0.25, 0.3) is 0 Å². The van der Waals surface area contributed by atoms with E-state index in [0.717, 1.165) is 36.5 Å². The molecule has 0 aromatic heterocycles. The van der Waals surface area contributed by atoms with E-state index in [1.807, 2.05) is 6.92 Å². The lowest BCUT2D eigenvalue weighted by Crippen LogP contribution is -2.03. The van der Waals surface area contributed by atoms with Gasteiger partial charge in [-0.15, -0.1) is 0 Å². The number of carbonyl (C=O) groups is 1. The van der Waals surface area contributed by atoms with E-state index in [9.17, 15) is 4.79 Å². The second kappa shape index (κ2) is 10.4. The second-order valence-electron chi connectivity index (χ2n) is 7.23. The summed E-state index contributed by atoms with van der Waals surface area (Å²) in [7, 11) is 1.39. The fraction of sp³-hybridized carbons (Fsp3) is 0.222. The Morgan fingerprint density at radius 3 is 2.35 bits per heavy atom. The van der Waals surface area contributed by atoms with Crippen LogP contribution in [0.2, 0.25) is 0 Å². The predicted molar refractivity (Wildman–Crippen MR) is 123 cm³/mol. The molecular weight excluding hydrogens is 388 g/mol. The Kier molecular flexibility index (Phi) is 7.35. The molecule has 4 nitrogen and oxygen atoms in total. The van der Waals surface area contributed by atoms with Gasteiger partial charge in [-0.3, -0.25) is 0 Å². The Morgan fingerprint density at radius 1 is 1.06 bits per heavy atom. The summed E-state index contributed by atoms with van der Waals surface area (Å²) in [6.07, 6.45) is 4.30. The Morgan fingerprint density at radius 2 is 1.77 bits per heavy atom. The first-order valence-electron chi connectivity index (χ1n) is 10.2. The maximum Gasteiger partial charge on any atom is 0.331 e. The van der Waals surface area contributed by atoms with Crippen molar-refractivity contribution in [1.82, 2.24) is 0 Å². The summed E-state index contributed by atoms with van der Waals surface area (Å²) >= 11 is 0. The van der Waals surface area contributed by atoms with E-state index in [-0.39, 0.29) is 5.41 Å². The average Bonchev–Trinajstić information content (AvgIpc) is 3.58. The van der Waals surface area contributed by atoms with Gasteiger partial charge in [-0.25, -0.2) is 4.79 Å². The highest BCUT2D eigenvalue weighted by molar-refractivity contribution is 5.83. The number of carboxylic acid groups (broad SMARTS) is 1. The van der Waals surface area contributed by atoms with Gasteiger partial charge in [0.2, 0.25) is 0 Å². The van der Waals surface area contributed by atoms with Crippen LogP contribution in [0.1, 0.15) is 30.9 Å². The maximum absolute atomic E-state index is 9.59. The van der Waals surface area contributed by atoms with Crippen LogP contribution in [-0.4, -0.2) is 24.8 Å². The normalized spacial score (nSPS) is 13.5. The molecule has 0 saturated heterocycles. The lowest BCUT2D eigenvalue weighted by molar-refractivity contribution is -0.131. The van der Waals surface area contributed by atoms with Crippen LogP contribution in [0.25, 0.3) is 10.8 Å². The number of benzene rings is 3. The zero-order valence-electron chi connectivity index (χ0n) is 17.8. The molecule has 3 aromatic rings. The number of fused-ring (bicyclic) bond motifs is 1. The highest BCUT2D eigenvalue weighted by atomic mass is 16.5. The first-order chi connectivity index (χ1) is 15.1. The maximum atomic E-state index is 9.59. The highest BCUT2D eigenvalue weighted by Gasteiger charge is 2.42. The Labute approximate surface area is 183 Å². The summed E-state index contributed by atoms with van der Waals surface area (Å²) in [5.74, 6) is 6.86. The standard InChI is InChI=1S/C23H20O.C4H6O3/c1-2-24-22-11-9-21(10-12-22)23(15-16-23)14-13-18-7-8-19-5-3-4-6-20(19)17-18;1-7-3-2-4(5)6/h3-12,17H,2,15-16H2,1H3;2-3H,1H3,(H,5,6). The van der Waals surface area contributed by atoms with Gasteiger partial charge >= 0.3 is 5.97 Å². The molecule has 0 heterocycles. The van der Waals surface area contributed by atoms with Gasteiger partial charge in [-0.05, 0) is 60.4 Å². The Hall–Kier alpha value is -3.71. The molecule has 0 amide bonds. The van der Waals surface area contributed by atoms with Gasteiger partial charge < -0.3 is 14.6 Å². The molecule has 31 heavy (non-hydrogen) atoms. The van der Waals surface area contributed by atoms with E-state index in [4.69, 9.17) is 9.84 Å². The molecule has 0 atom stereocenters. The number of hydrogen-bond donors (Lipinski definition) is 1. The van der Waals surface area contributed by atoms with Gasteiger partial charge in [-0.1, -0.05) is 54.3 Å². The van der Waals surface area contributed by atoms with E-state index in [2.05, 4.69) is 83.3 Å². The number of hydrogen-bond acceptors (Lipinski definition) is 3.